The van der Waals surface area contributed by atoms with Crippen LogP contribution in [0.5, 0.6) is 5.75 Å². The van der Waals surface area contributed by atoms with Gasteiger partial charge in [0.15, 0.2) is 0 Å². The molecule has 3 heteroatoms. The van der Waals surface area contributed by atoms with E-state index < -0.39 is 8.07 Å². The van der Waals surface area contributed by atoms with Crippen molar-refractivity contribution in [3.63, 3.8) is 0 Å². The quantitative estimate of drug-likeness (QED) is 0.425. The molecule has 0 saturated heterocycles. The van der Waals surface area contributed by atoms with Crippen LogP contribution in [-0.4, -0.2) is 15.2 Å². The van der Waals surface area contributed by atoms with Gasteiger partial charge in [-0.05, 0) is 11.3 Å². The summed E-state index contributed by atoms with van der Waals surface area (Å²) in [5.74, 6) is 0.976. The SMILES string of the molecule is [CH2-][Si](C)(C)c1ccccc1OC.[Li+]. The molecule has 0 saturated carbocycles. The van der Waals surface area contributed by atoms with E-state index >= 15 is 0 Å². The fourth-order valence-electron chi connectivity index (χ4n) is 1.20. The third-order valence-corrected chi connectivity index (χ3v) is 3.71. The normalized spacial score (nSPS) is 10.5. The average Bonchev–Trinajstić information content (AvgIpc) is 2.03. The standard InChI is InChI=1S/C10H15OSi.Li/c1-11-9-7-5-6-8-10(9)12(2,3)4;/h5-8H,2H2,1,3-4H3;/q-1;+1. The van der Waals surface area contributed by atoms with Crippen molar-refractivity contribution in [1.82, 2.24) is 0 Å². The first-order valence-electron chi connectivity index (χ1n) is 4.04. The molecule has 0 spiro atoms. The minimum Gasteiger partial charge on any atom is -0.497 e. The summed E-state index contributed by atoms with van der Waals surface area (Å²) >= 11 is 0. The monoisotopic (exact) mass is 186 g/mol. The van der Waals surface area contributed by atoms with E-state index in [1.807, 2.05) is 18.2 Å². The largest absolute Gasteiger partial charge is 1.00 e. The van der Waals surface area contributed by atoms with E-state index in [9.17, 15) is 0 Å². The van der Waals surface area contributed by atoms with Crippen LogP contribution >= 0.6 is 0 Å². The Morgan fingerprint density at radius 2 is 1.77 bits per heavy atom. The third-order valence-electron chi connectivity index (χ3n) is 1.84. The number of hydrogen-bond donors (Lipinski definition) is 0. The van der Waals surface area contributed by atoms with Gasteiger partial charge in [0.25, 0.3) is 0 Å². The molecule has 66 valence electrons. The number of rotatable bonds is 2. The van der Waals surface area contributed by atoms with Crippen LogP contribution in [-0.2, 0) is 0 Å². The van der Waals surface area contributed by atoms with Crippen molar-refractivity contribution in [3.8, 4) is 5.75 Å². The molecular formula is C10H15LiOSi. The molecule has 0 heterocycles. The maximum absolute atomic E-state index is 5.27. The zero-order chi connectivity index (χ0) is 9.19. The van der Waals surface area contributed by atoms with Gasteiger partial charge >= 0.3 is 18.9 Å². The first-order valence-corrected chi connectivity index (χ1v) is 7.25. The molecule has 1 aromatic rings. The van der Waals surface area contributed by atoms with Gasteiger partial charge < -0.3 is 11.3 Å². The van der Waals surface area contributed by atoms with Crippen LogP contribution in [0.1, 0.15) is 0 Å². The van der Waals surface area contributed by atoms with Gasteiger partial charge in [0.1, 0.15) is 5.75 Å². The Bertz CT molecular complexity index is 268. The number of benzene rings is 1. The summed E-state index contributed by atoms with van der Waals surface area (Å²) in [5.41, 5.74) is 0. The molecule has 0 aromatic heterocycles. The second-order valence-electron chi connectivity index (χ2n) is 3.58. The molecule has 0 N–H and O–H groups in total. The predicted molar refractivity (Wildman–Crippen MR) is 55.5 cm³/mol. The smallest absolute Gasteiger partial charge is 0.497 e. The third kappa shape index (κ3) is 3.23. The maximum atomic E-state index is 5.27. The second kappa shape index (κ2) is 4.90. The number of ether oxygens (including phenoxy) is 1. The molecule has 0 fully saturated rings. The Labute approximate surface area is 93.7 Å². The van der Waals surface area contributed by atoms with Crippen LogP contribution in [0.25, 0.3) is 0 Å². The average molecular weight is 186 g/mol. The summed E-state index contributed by atoms with van der Waals surface area (Å²) in [6.07, 6.45) is 0. The van der Waals surface area contributed by atoms with Gasteiger partial charge in [-0.15, -0.1) is 0 Å². The molecule has 0 aliphatic heterocycles. The molecule has 13 heavy (non-hydrogen) atoms. The first kappa shape index (κ1) is 12.8. The van der Waals surface area contributed by atoms with Crippen molar-refractivity contribution >= 4 is 13.3 Å². The molecule has 0 amide bonds. The minimum atomic E-state index is -1.47. The minimum absolute atomic E-state index is 0. The maximum Gasteiger partial charge on any atom is 1.00 e. The van der Waals surface area contributed by atoms with Crippen LogP contribution in [0, 0.1) is 6.55 Å². The molecule has 0 atom stereocenters. The number of para-hydroxylation sites is 1. The van der Waals surface area contributed by atoms with E-state index in [0.717, 1.165) is 5.75 Å². The van der Waals surface area contributed by atoms with Gasteiger partial charge in [-0.25, -0.2) is 0 Å². The molecule has 0 radical (unpaired) electrons. The van der Waals surface area contributed by atoms with Gasteiger partial charge in [0.05, 0.1) is 7.11 Å². The van der Waals surface area contributed by atoms with Crippen molar-refractivity contribution in [2.45, 2.75) is 13.1 Å². The Morgan fingerprint density at radius 1 is 1.23 bits per heavy atom. The number of methoxy groups -OCH3 is 1. The molecule has 0 bridgehead atoms. The van der Waals surface area contributed by atoms with Gasteiger partial charge in [0.2, 0.25) is 0 Å². The summed E-state index contributed by atoms with van der Waals surface area (Å²) in [7, 11) is 0.233. The predicted octanol–water partition coefficient (Wildman–Crippen LogP) is -1.01. The molecule has 0 unspecified atom stereocenters. The molecular weight excluding hydrogens is 171 g/mol. The summed E-state index contributed by atoms with van der Waals surface area (Å²) in [6.45, 7) is 8.63. The van der Waals surface area contributed by atoms with E-state index in [0.29, 0.717) is 0 Å². The van der Waals surface area contributed by atoms with Crippen LogP contribution in [0.2, 0.25) is 13.1 Å². The van der Waals surface area contributed by atoms with Gasteiger partial charge in [-0.3, -0.25) is 0 Å². The Morgan fingerprint density at radius 3 is 2.15 bits per heavy atom. The first-order chi connectivity index (χ1) is 5.55. The van der Waals surface area contributed by atoms with Crippen molar-refractivity contribution in [2.24, 2.45) is 0 Å². The molecule has 1 aromatic carbocycles. The molecule has 0 aliphatic rings. The summed E-state index contributed by atoms with van der Waals surface area (Å²) in [6, 6.07) is 8.13. The second-order valence-corrected chi connectivity index (χ2v) is 7.89. The van der Waals surface area contributed by atoms with E-state index in [4.69, 9.17) is 4.74 Å². The molecule has 0 aliphatic carbocycles. The van der Waals surface area contributed by atoms with Crippen molar-refractivity contribution in [3.05, 3.63) is 30.8 Å². The van der Waals surface area contributed by atoms with E-state index in [1.54, 1.807) is 7.11 Å². The summed E-state index contributed by atoms with van der Waals surface area (Å²) < 4.78 is 5.27. The summed E-state index contributed by atoms with van der Waals surface area (Å²) in [4.78, 5) is 0. The van der Waals surface area contributed by atoms with Crippen LogP contribution in [0.4, 0.5) is 0 Å². The van der Waals surface area contributed by atoms with E-state index in [-0.39, 0.29) is 18.9 Å². The van der Waals surface area contributed by atoms with Crippen LogP contribution in [0.15, 0.2) is 24.3 Å². The molecule has 1 nitrogen and oxygen atoms in total. The van der Waals surface area contributed by atoms with Gasteiger partial charge in [-0.2, -0.15) is 0 Å². The number of hydrogen-bond acceptors (Lipinski definition) is 1. The fourth-order valence-corrected chi connectivity index (χ4v) is 2.60. The zero-order valence-corrected chi connectivity index (χ0v) is 9.92. The van der Waals surface area contributed by atoms with Crippen LogP contribution < -0.4 is 28.8 Å². The zero-order valence-electron chi connectivity index (χ0n) is 8.92. The van der Waals surface area contributed by atoms with Crippen LogP contribution in [0.3, 0.4) is 0 Å². The Hall–Kier alpha value is -0.166. The fraction of sp³-hybridized carbons (Fsp3) is 0.300. The van der Waals surface area contributed by atoms with Gasteiger partial charge in [0, 0.05) is 0 Å². The molecule has 1 rings (SSSR count). The van der Waals surface area contributed by atoms with E-state index in [1.165, 1.54) is 5.19 Å². The van der Waals surface area contributed by atoms with Gasteiger partial charge in [-0.1, -0.05) is 39.4 Å². The van der Waals surface area contributed by atoms with Crippen molar-refractivity contribution < 1.29 is 23.6 Å². The van der Waals surface area contributed by atoms with E-state index in [2.05, 4.69) is 25.7 Å². The summed E-state index contributed by atoms with van der Waals surface area (Å²) in [5, 5.41) is 1.28. The van der Waals surface area contributed by atoms with Crippen molar-refractivity contribution in [2.75, 3.05) is 7.11 Å². The van der Waals surface area contributed by atoms with Crippen molar-refractivity contribution in [1.29, 1.82) is 0 Å². The topological polar surface area (TPSA) is 9.23 Å². The Kier molecular flexibility index (Phi) is 4.84. The Balaban J connectivity index is 0.00000144.